The highest BCUT2D eigenvalue weighted by Crippen LogP contribution is 2.32. The lowest BCUT2D eigenvalue weighted by atomic mass is 10.1. The van der Waals surface area contributed by atoms with Gasteiger partial charge in [-0.1, -0.05) is 17.7 Å². The maximum absolute atomic E-state index is 6.19. The van der Waals surface area contributed by atoms with Crippen LogP contribution in [0.5, 0.6) is 0 Å². The van der Waals surface area contributed by atoms with E-state index in [0.717, 1.165) is 16.9 Å². The summed E-state index contributed by atoms with van der Waals surface area (Å²) in [6.07, 6.45) is 0.830. The standard InChI is InChI=1S/C10H12ClN5S/c1-16-10(13-14-15-16)17-9-3-2-7(4-5-12)6-8(9)11/h2-3,6H,4-5,12H2,1H3. The molecular weight excluding hydrogens is 258 g/mol. The van der Waals surface area contributed by atoms with E-state index in [1.165, 1.54) is 11.8 Å². The van der Waals surface area contributed by atoms with E-state index in [0.29, 0.717) is 16.7 Å². The number of rotatable bonds is 4. The molecular formula is C10H12ClN5S. The van der Waals surface area contributed by atoms with Crippen molar-refractivity contribution in [2.24, 2.45) is 12.8 Å². The molecule has 0 fully saturated rings. The van der Waals surface area contributed by atoms with E-state index in [2.05, 4.69) is 15.5 Å². The summed E-state index contributed by atoms with van der Waals surface area (Å²) in [4.78, 5) is 0.935. The van der Waals surface area contributed by atoms with Crippen molar-refractivity contribution in [2.45, 2.75) is 16.5 Å². The number of hydrogen-bond acceptors (Lipinski definition) is 5. The minimum absolute atomic E-state index is 0.621. The molecule has 0 bridgehead atoms. The van der Waals surface area contributed by atoms with Crippen molar-refractivity contribution in [3.8, 4) is 0 Å². The van der Waals surface area contributed by atoms with Gasteiger partial charge in [0.2, 0.25) is 5.16 Å². The van der Waals surface area contributed by atoms with E-state index in [4.69, 9.17) is 17.3 Å². The van der Waals surface area contributed by atoms with Crippen LogP contribution in [-0.2, 0) is 13.5 Å². The Labute approximate surface area is 108 Å². The molecule has 1 heterocycles. The monoisotopic (exact) mass is 269 g/mol. The SMILES string of the molecule is Cn1nnnc1Sc1ccc(CCN)cc1Cl. The van der Waals surface area contributed by atoms with Crippen molar-refractivity contribution in [3.63, 3.8) is 0 Å². The Bertz CT molecular complexity index is 513. The molecule has 0 aliphatic heterocycles. The molecule has 17 heavy (non-hydrogen) atoms. The second-order valence-corrected chi connectivity index (χ2v) is 4.91. The van der Waals surface area contributed by atoms with Gasteiger partial charge in [-0.05, 0) is 52.9 Å². The zero-order valence-electron chi connectivity index (χ0n) is 9.30. The van der Waals surface area contributed by atoms with Gasteiger partial charge in [-0.15, -0.1) is 5.10 Å². The molecule has 0 aliphatic carbocycles. The second-order valence-electron chi connectivity index (χ2n) is 3.49. The lowest BCUT2D eigenvalue weighted by Gasteiger charge is -2.05. The summed E-state index contributed by atoms with van der Waals surface area (Å²) >= 11 is 7.63. The van der Waals surface area contributed by atoms with Crippen LogP contribution in [0.2, 0.25) is 5.02 Å². The average Bonchev–Trinajstić information content (AvgIpc) is 2.69. The Morgan fingerprint density at radius 2 is 2.29 bits per heavy atom. The van der Waals surface area contributed by atoms with Crippen LogP contribution in [-0.4, -0.2) is 26.8 Å². The zero-order valence-corrected chi connectivity index (χ0v) is 10.9. The number of aryl methyl sites for hydroxylation is 1. The van der Waals surface area contributed by atoms with Crippen molar-refractivity contribution < 1.29 is 0 Å². The van der Waals surface area contributed by atoms with Crippen molar-refractivity contribution >= 4 is 23.4 Å². The van der Waals surface area contributed by atoms with Crippen molar-refractivity contribution in [2.75, 3.05) is 6.54 Å². The fourth-order valence-corrected chi connectivity index (χ4v) is 2.41. The van der Waals surface area contributed by atoms with Crippen molar-refractivity contribution in [3.05, 3.63) is 28.8 Å². The minimum atomic E-state index is 0.621. The van der Waals surface area contributed by atoms with Gasteiger partial charge in [0.15, 0.2) is 0 Å². The quantitative estimate of drug-likeness (QED) is 0.911. The molecule has 1 aromatic carbocycles. The molecule has 0 saturated heterocycles. The summed E-state index contributed by atoms with van der Waals surface area (Å²) in [7, 11) is 1.79. The predicted octanol–water partition coefficient (Wildman–Crippen LogP) is 1.52. The van der Waals surface area contributed by atoms with Gasteiger partial charge in [0.05, 0.1) is 5.02 Å². The van der Waals surface area contributed by atoms with Crippen LogP contribution in [0.25, 0.3) is 0 Å². The van der Waals surface area contributed by atoms with Crippen LogP contribution in [0.4, 0.5) is 0 Å². The summed E-state index contributed by atoms with van der Waals surface area (Å²) in [5.41, 5.74) is 6.64. The van der Waals surface area contributed by atoms with Gasteiger partial charge in [0, 0.05) is 11.9 Å². The van der Waals surface area contributed by atoms with E-state index in [1.54, 1.807) is 11.7 Å². The maximum Gasteiger partial charge on any atom is 0.213 e. The number of hydrogen-bond donors (Lipinski definition) is 1. The summed E-state index contributed by atoms with van der Waals surface area (Å²) in [5.74, 6) is 0. The van der Waals surface area contributed by atoms with Crippen LogP contribution in [0.15, 0.2) is 28.3 Å². The van der Waals surface area contributed by atoms with Gasteiger partial charge in [0.1, 0.15) is 0 Å². The van der Waals surface area contributed by atoms with Gasteiger partial charge in [-0.2, -0.15) is 0 Å². The van der Waals surface area contributed by atoms with E-state index in [1.807, 2.05) is 18.2 Å². The molecule has 0 amide bonds. The van der Waals surface area contributed by atoms with Gasteiger partial charge in [-0.25, -0.2) is 4.68 Å². The predicted molar refractivity (Wildman–Crippen MR) is 67.1 cm³/mol. The van der Waals surface area contributed by atoms with E-state index < -0.39 is 0 Å². The molecule has 90 valence electrons. The number of nitrogens with zero attached hydrogens (tertiary/aromatic N) is 4. The topological polar surface area (TPSA) is 69.6 Å². The third-order valence-corrected chi connectivity index (χ3v) is 3.74. The highest BCUT2D eigenvalue weighted by molar-refractivity contribution is 7.99. The maximum atomic E-state index is 6.19. The lowest BCUT2D eigenvalue weighted by molar-refractivity contribution is 0.664. The first-order valence-corrected chi connectivity index (χ1v) is 6.29. The fraction of sp³-hybridized carbons (Fsp3) is 0.300. The Hall–Kier alpha value is -1.11. The normalized spacial score (nSPS) is 10.8. The average molecular weight is 270 g/mol. The van der Waals surface area contributed by atoms with E-state index >= 15 is 0 Å². The number of benzene rings is 1. The first-order valence-electron chi connectivity index (χ1n) is 5.09. The minimum Gasteiger partial charge on any atom is -0.330 e. The van der Waals surface area contributed by atoms with E-state index in [9.17, 15) is 0 Å². The molecule has 2 N–H and O–H groups in total. The Balaban J connectivity index is 2.19. The highest BCUT2D eigenvalue weighted by Gasteiger charge is 2.08. The molecule has 0 unspecified atom stereocenters. The summed E-state index contributed by atoms with van der Waals surface area (Å²) in [6, 6.07) is 5.91. The van der Waals surface area contributed by atoms with Crippen LogP contribution in [0, 0.1) is 0 Å². The smallest absolute Gasteiger partial charge is 0.213 e. The van der Waals surface area contributed by atoms with Crippen LogP contribution < -0.4 is 5.73 Å². The van der Waals surface area contributed by atoms with E-state index in [-0.39, 0.29) is 0 Å². The highest BCUT2D eigenvalue weighted by atomic mass is 35.5. The van der Waals surface area contributed by atoms with Gasteiger partial charge >= 0.3 is 0 Å². The molecule has 2 rings (SSSR count). The first kappa shape index (κ1) is 12.3. The second kappa shape index (κ2) is 5.48. The number of tetrazole rings is 1. The van der Waals surface area contributed by atoms with Crippen LogP contribution in [0.3, 0.4) is 0 Å². The molecule has 0 radical (unpaired) electrons. The zero-order chi connectivity index (χ0) is 12.3. The summed E-state index contributed by atoms with van der Waals surface area (Å²) in [5, 5.41) is 12.6. The molecule has 1 aromatic heterocycles. The molecule has 2 aromatic rings. The summed E-state index contributed by atoms with van der Waals surface area (Å²) in [6.45, 7) is 0.621. The third-order valence-electron chi connectivity index (χ3n) is 2.21. The Morgan fingerprint density at radius 1 is 1.47 bits per heavy atom. The molecule has 0 atom stereocenters. The van der Waals surface area contributed by atoms with Gasteiger partial charge in [-0.3, -0.25) is 0 Å². The largest absolute Gasteiger partial charge is 0.330 e. The number of aromatic nitrogens is 4. The molecule has 5 nitrogen and oxygen atoms in total. The van der Waals surface area contributed by atoms with Crippen molar-refractivity contribution in [1.29, 1.82) is 0 Å². The Morgan fingerprint density at radius 3 is 2.88 bits per heavy atom. The third kappa shape index (κ3) is 2.96. The molecule has 0 saturated carbocycles. The number of nitrogens with two attached hydrogens (primary N) is 1. The molecule has 7 heteroatoms. The van der Waals surface area contributed by atoms with Crippen molar-refractivity contribution in [1.82, 2.24) is 20.2 Å². The molecule has 0 spiro atoms. The van der Waals surface area contributed by atoms with Gasteiger partial charge < -0.3 is 5.73 Å². The number of halogens is 1. The molecule has 0 aliphatic rings. The summed E-state index contributed by atoms with van der Waals surface area (Å²) < 4.78 is 1.61. The van der Waals surface area contributed by atoms with Gasteiger partial charge in [0.25, 0.3) is 0 Å². The van der Waals surface area contributed by atoms with Crippen LogP contribution >= 0.6 is 23.4 Å². The Kier molecular flexibility index (Phi) is 3.98. The lowest BCUT2D eigenvalue weighted by Crippen LogP contribution is -2.02. The first-order chi connectivity index (χ1) is 8.20. The fourth-order valence-electron chi connectivity index (χ4n) is 1.36. The van der Waals surface area contributed by atoms with Crippen LogP contribution in [0.1, 0.15) is 5.56 Å².